The average molecular weight is 469 g/mol. The topological polar surface area (TPSA) is 160 Å². The van der Waals surface area contributed by atoms with E-state index in [1.165, 1.54) is 24.5 Å². The molecule has 3 amide bonds. The van der Waals surface area contributed by atoms with Crippen LogP contribution >= 0.6 is 0 Å². The van der Waals surface area contributed by atoms with E-state index < -0.39 is 24.0 Å². The van der Waals surface area contributed by atoms with Crippen molar-refractivity contribution in [3.8, 4) is 11.8 Å². The summed E-state index contributed by atoms with van der Waals surface area (Å²) in [5.41, 5.74) is 3.69. The van der Waals surface area contributed by atoms with E-state index in [-0.39, 0.29) is 24.6 Å². The molecule has 0 aliphatic heterocycles. The average Bonchev–Trinajstić information content (AvgIpc) is 2.84. The van der Waals surface area contributed by atoms with E-state index in [1.807, 2.05) is 0 Å². The Balaban J connectivity index is 1.93. The molecule has 0 bridgehead atoms. The summed E-state index contributed by atoms with van der Waals surface area (Å²) < 4.78 is 0. The zero-order chi connectivity index (χ0) is 24.9. The zero-order valence-electron chi connectivity index (χ0n) is 18.7. The maximum Gasteiger partial charge on any atom is 0.268 e. The van der Waals surface area contributed by atoms with Gasteiger partial charge in [0.15, 0.2) is 0 Å². The number of amides is 3. The van der Waals surface area contributed by atoms with E-state index >= 15 is 0 Å². The molecule has 0 spiro atoms. The number of hydrogen-bond donors (Lipinski definition) is 7. The van der Waals surface area contributed by atoms with Crippen molar-refractivity contribution in [2.24, 2.45) is 0 Å². The van der Waals surface area contributed by atoms with Gasteiger partial charge in [-0.05, 0) is 68.4 Å². The third-order valence-corrected chi connectivity index (χ3v) is 4.63. The summed E-state index contributed by atoms with van der Waals surface area (Å²) in [5, 5.41) is 35.1. The lowest BCUT2D eigenvalue weighted by atomic mass is 10.1. The van der Waals surface area contributed by atoms with Gasteiger partial charge in [-0.15, -0.1) is 0 Å². The van der Waals surface area contributed by atoms with Crippen LogP contribution in [-0.4, -0.2) is 65.0 Å². The Kier molecular flexibility index (Phi) is 10.7. The summed E-state index contributed by atoms with van der Waals surface area (Å²) >= 11 is 0. The largest absolute Gasteiger partial charge is 0.396 e. The number of anilines is 1. The number of nitrogens with one attached hydrogen (secondary N) is 4. The van der Waals surface area contributed by atoms with Crippen LogP contribution in [0.5, 0.6) is 0 Å². The van der Waals surface area contributed by atoms with Gasteiger partial charge in [0.25, 0.3) is 11.8 Å². The second kappa shape index (κ2) is 13.7. The Hall–Kier alpha value is -3.75. The quantitative estimate of drug-likeness (QED) is 0.112. The molecule has 0 radical (unpaired) electrons. The van der Waals surface area contributed by atoms with Crippen LogP contribution in [0.2, 0.25) is 0 Å². The first kappa shape index (κ1) is 26.5. The van der Waals surface area contributed by atoms with E-state index in [0.717, 1.165) is 5.56 Å². The number of rotatable bonds is 10. The van der Waals surface area contributed by atoms with Gasteiger partial charge in [-0.25, -0.2) is 5.48 Å². The number of hydrogen-bond acceptors (Lipinski definition) is 7. The van der Waals surface area contributed by atoms with Gasteiger partial charge < -0.3 is 26.2 Å². The number of carbonyl (C=O) groups is 3. The van der Waals surface area contributed by atoms with E-state index in [2.05, 4.69) is 27.8 Å². The molecule has 180 valence electrons. The minimum absolute atomic E-state index is 0.0759. The van der Waals surface area contributed by atoms with Gasteiger partial charge in [-0.2, -0.15) is 0 Å². The lowest BCUT2D eigenvalue weighted by Gasteiger charge is -2.19. The third-order valence-electron chi connectivity index (χ3n) is 4.63. The Morgan fingerprint density at radius 1 is 0.971 bits per heavy atom. The summed E-state index contributed by atoms with van der Waals surface area (Å²) in [7, 11) is 0. The summed E-state index contributed by atoms with van der Waals surface area (Å²) in [6.07, 6.45) is -0.613. The van der Waals surface area contributed by atoms with Crippen LogP contribution in [0.25, 0.3) is 0 Å². The summed E-state index contributed by atoms with van der Waals surface area (Å²) in [6, 6.07) is 12.1. The molecule has 0 fully saturated rings. The Morgan fingerprint density at radius 3 is 2.09 bits per heavy atom. The lowest BCUT2D eigenvalue weighted by molar-refractivity contribution is -0.133. The van der Waals surface area contributed by atoms with Gasteiger partial charge in [0.2, 0.25) is 5.91 Å². The molecule has 2 atom stereocenters. The SMILES string of the molecule is C[C@@H](O)[C@H](NC(=O)c1ccc(C#Cc2ccc(NC(=O)CNCCCO)cc2)cc1)C(=O)NO. The van der Waals surface area contributed by atoms with Crippen molar-refractivity contribution in [3.05, 3.63) is 65.2 Å². The molecule has 0 aliphatic rings. The van der Waals surface area contributed by atoms with Crippen LogP contribution in [0.3, 0.4) is 0 Å². The fourth-order valence-electron chi connectivity index (χ4n) is 2.80. The molecular weight excluding hydrogens is 440 g/mol. The number of carbonyl (C=O) groups excluding carboxylic acids is 3. The zero-order valence-corrected chi connectivity index (χ0v) is 18.7. The first-order valence-electron chi connectivity index (χ1n) is 10.6. The van der Waals surface area contributed by atoms with E-state index in [0.29, 0.717) is 24.2 Å². The fourth-order valence-corrected chi connectivity index (χ4v) is 2.80. The van der Waals surface area contributed by atoms with Crippen LogP contribution in [0, 0.1) is 11.8 Å². The number of hydroxylamine groups is 1. The van der Waals surface area contributed by atoms with Crippen LogP contribution in [-0.2, 0) is 9.59 Å². The predicted octanol–water partition coefficient (Wildman–Crippen LogP) is -0.0185. The minimum atomic E-state index is -1.30. The van der Waals surface area contributed by atoms with E-state index in [9.17, 15) is 19.5 Å². The van der Waals surface area contributed by atoms with Crippen molar-refractivity contribution in [2.45, 2.75) is 25.5 Å². The third kappa shape index (κ3) is 8.65. The molecule has 0 heterocycles. The van der Waals surface area contributed by atoms with Gasteiger partial charge >= 0.3 is 0 Å². The van der Waals surface area contributed by atoms with Crippen LogP contribution < -0.4 is 21.4 Å². The van der Waals surface area contributed by atoms with Gasteiger partial charge in [0.05, 0.1) is 12.6 Å². The van der Waals surface area contributed by atoms with Gasteiger partial charge in [-0.1, -0.05) is 11.8 Å². The molecule has 0 aliphatic carbocycles. The Bertz CT molecular complexity index is 1030. The molecule has 34 heavy (non-hydrogen) atoms. The van der Waals surface area contributed by atoms with Gasteiger partial charge in [0.1, 0.15) is 6.04 Å². The summed E-state index contributed by atoms with van der Waals surface area (Å²) in [5.74, 6) is 4.28. The summed E-state index contributed by atoms with van der Waals surface area (Å²) in [4.78, 5) is 35.7. The molecule has 0 saturated heterocycles. The standard InChI is InChI=1S/C24H28N4O6/c1-16(30)22(24(33)28-34)27-23(32)19-9-5-17(6-10-19)3-4-18-7-11-20(12-8-18)26-21(31)15-25-13-2-14-29/h5-12,16,22,25,29-30,34H,2,13-15H2,1H3,(H,26,31)(H,27,32)(H,28,33)/t16-,22+/m1/s1. The Labute approximate surface area is 197 Å². The first-order valence-corrected chi connectivity index (χ1v) is 10.6. The van der Waals surface area contributed by atoms with Crippen molar-refractivity contribution in [1.29, 1.82) is 0 Å². The smallest absolute Gasteiger partial charge is 0.268 e. The first-order chi connectivity index (χ1) is 16.3. The lowest BCUT2D eigenvalue weighted by Crippen LogP contribution is -2.51. The Morgan fingerprint density at radius 2 is 1.56 bits per heavy atom. The second-order valence-electron chi connectivity index (χ2n) is 7.37. The number of aliphatic hydroxyl groups excluding tert-OH is 2. The normalized spacial score (nSPS) is 12.0. The highest BCUT2D eigenvalue weighted by molar-refractivity contribution is 5.97. The molecular formula is C24H28N4O6. The van der Waals surface area contributed by atoms with Crippen LogP contribution in [0.1, 0.15) is 34.8 Å². The highest BCUT2D eigenvalue weighted by Crippen LogP contribution is 2.09. The molecule has 0 saturated carbocycles. The molecule has 10 nitrogen and oxygen atoms in total. The van der Waals surface area contributed by atoms with E-state index in [1.54, 1.807) is 36.4 Å². The monoisotopic (exact) mass is 468 g/mol. The predicted molar refractivity (Wildman–Crippen MR) is 125 cm³/mol. The maximum absolute atomic E-state index is 12.3. The van der Waals surface area contributed by atoms with Crippen molar-refractivity contribution in [3.63, 3.8) is 0 Å². The highest BCUT2D eigenvalue weighted by atomic mass is 16.5. The summed E-state index contributed by atoms with van der Waals surface area (Å²) in [6.45, 7) is 2.11. The molecule has 2 aromatic carbocycles. The second-order valence-corrected chi connectivity index (χ2v) is 7.37. The minimum Gasteiger partial charge on any atom is -0.396 e. The van der Waals surface area contributed by atoms with Crippen molar-refractivity contribution < 1.29 is 29.8 Å². The fraction of sp³-hybridized carbons (Fsp3) is 0.292. The molecule has 0 unspecified atom stereocenters. The van der Waals surface area contributed by atoms with Crippen molar-refractivity contribution >= 4 is 23.4 Å². The molecule has 2 rings (SSSR count). The molecule has 10 heteroatoms. The maximum atomic E-state index is 12.3. The molecule has 7 N–H and O–H groups in total. The number of benzene rings is 2. The van der Waals surface area contributed by atoms with Crippen LogP contribution in [0.15, 0.2) is 48.5 Å². The van der Waals surface area contributed by atoms with Crippen molar-refractivity contribution in [1.82, 2.24) is 16.1 Å². The van der Waals surface area contributed by atoms with Crippen molar-refractivity contribution in [2.75, 3.05) is 25.0 Å². The van der Waals surface area contributed by atoms with Gasteiger partial charge in [0, 0.05) is 29.0 Å². The van der Waals surface area contributed by atoms with E-state index in [4.69, 9.17) is 10.3 Å². The molecule has 2 aromatic rings. The highest BCUT2D eigenvalue weighted by Gasteiger charge is 2.25. The van der Waals surface area contributed by atoms with Crippen LogP contribution in [0.4, 0.5) is 5.69 Å². The van der Waals surface area contributed by atoms with Gasteiger partial charge in [-0.3, -0.25) is 19.6 Å². The molecule has 0 aromatic heterocycles. The number of aliphatic hydroxyl groups is 2.